The molecule has 26 heavy (non-hydrogen) atoms. The van der Waals surface area contributed by atoms with E-state index < -0.39 is 12.1 Å². The minimum absolute atomic E-state index is 0. The third kappa shape index (κ3) is 3.51. The van der Waals surface area contributed by atoms with Gasteiger partial charge in [-0.1, -0.05) is 12.1 Å². The summed E-state index contributed by atoms with van der Waals surface area (Å²) in [7, 11) is 0. The third-order valence-corrected chi connectivity index (χ3v) is 4.17. The Morgan fingerprint density at radius 1 is 1.15 bits per heavy atom. The first kappa shape index (κ1) is 18.6. The predicted octanol–water partition coefficient (Wildman–Crippen LogP) is -2.03. The fourth-order valence-corrected chi connectivity index (χ4v) is 2.93. The zero-order chi connectivity index (χ0) is 17.4. The number of carboxylic acids is 1. The van der Waals surface area contributed by atoms with Crippen molar-refractivity contribution in [2.24, 2.45) is 0 Å². The molecule has 0 saturated carbocycles. The van der Waals surface area contributed by atoms with E-state index >= 15 is 0 Å². The zero-order valence-electron chi connectivity index (χ0n) is 14.1. The minimum atomic E-state index is -1.28. The van der Waals surface area contributed by atoms with Crippen LogP contribution in [0.15, 0.2) is 42.5 Å². The number of carbonyl (C=O) groups excluding carboxylic acids is 2. The van der Waals surface area contributed by atoms with Gasteiger partial charge in [0.25, 0.3) is 5.91 Å². The molecule has 0 bridgehead atoms. The van der Waals surface area contributed by atoms with Crippen LogP contribution in [0.25, 0.3) is 0 Å². The molecule has 7 nitrogen and oxygen atoms in total. The van der Waals surface area contributed by atoms with Crippen molar-refractivity contribution in [3.63, 3.8) is 0 Å². The van der Waals surface area contributed by atoms with Gasteiger partial charge in [0.2, 0.25) is 6.79 Å². The van der Waals surface area contributed by atoms with E-state index in [1.54, 1.807) is 30.3 Å². The molecule has 0 spiro atoms. The number of nitrogens with zero attached hydrogens (tertiary/aromatic N) is 1. The van der Waals surface area contributed by atoms with Crippen LogP contribution in [-0.4, -0.2) is 31.3 Å². The maximum absolute atomic E-state index is 12.6. The van der Waals surface area contributed by atoms with Crippen LogP contribution < -0.4 is 53.8 Å². The molecule has 0 aliphatic carbocycles. The van der Waals surface area contributed by atoms with E-state index in [-0.39, 0.29) is 47.8 Å². The number of anilines is 1. The molecule has 0 radical (unpaired) electrons. The summed E-state index contributed by atoms with van der Waals surface area (Å²) >= 11 is 0. The summed E-state index contributed by atoms with van der Waals surface area (Å²) in [5.74, 6) is 0.259. The van der Waals surface area contributed by atoms with Gasteiger partial charge in [-0.3, -0.25) is 4.79 Å². The molecular formula is C18H14NNaO6. The van der Waals surface area contributed by atoms with Gasteiger partial charge in [0.05, 0.1) is 5.97 Å². The Bertz CT molecular complexity index is 855. The number of aromatic carboxylic acids is 1. The summed E-state index contributed by atoms with van der Waals surface area (Å²) in [6.07, 6.45) is -0.130. The molecule has 128 valence electrons. The van der Waals surface area contributed by atoms with Crippen LogP contribution >= 0.6 is 0 Å². The summed E-state index contributed by atoms with van der Waals surface area (Å²) in [6.45, 7) is 0.619. The Balaban J connectivity index is 0.00000196. The predicted molar refractivity (Wildman–Crippen MR) is 84.7 cm³/mol. The molecule has 2 aliphatic heterocycles. The quantitative estimate of drug-likeness (QED) is 0.582. The number of benzene rings is 2. The summed E-state index contributed by atoms with van der Waals surface area (Å²) in [6, 6.07) is 11.3. The fraction of sp³-hybridized carbons (Fsp3) is 0.222. The van der Waals surface area contributed by atoms with Crippen LogP contribution in [0.3, 0.4) is 0 Å². The molecule has 1 saturated heterocycles. The molecule has 4 rings (SSSR count). The number of rotatable bonds is 4. The number of amides is 1. The normalized spacial score (nSPS) is 17.8. The van der Waals surface area contributed by atoms with E-state index in [9.17, 15) is 14.7 Å². The fourth-order valence-electron chi connectivity index (χ4n) is 2.93. The molecule has 1 amide bonds. The number of ether oxygens (including phenoxy) is 3. The molecular weight excluding hydrogens is 349 g/mol. The third-order valence-electron chi connectivity index (χ3n) is 4.17. The smallest absolute Gasteiger partial charge is 0.545 e. The van der Waals surface area contributed by atoms with E-state index in [0.29, 0.717) is 35.9 Å². The number of fused-ring (bicyclic) bond motifs is 1. The topological polar surface area (TPSA) is 88.1 Å². The number of hydrogen-bond donors (Lipinski definition) is 0. The van der Waals surface area contributed by atoms with Gasteiger partial charge in [-0.2, -0.15) is 0 Å². The molecule has 0 N–H and O–H groups in total. The average molecular weight is 363 g/mol. The molecule has 2 aromatic rings. The average Bonchev–Trinajstić information content (AvgIpc) is 3.22. The van der Waals surface area contributed by atoms with Crippen LogP contribution in [-0.2, 0) is 4.79 Å². The van der Waals surface area contributed by atoms with Crippen molar-refractivity contribution in [3.8, 4) is 17.2 Å². The van der Waals surface area contributed by atoms with Gasteiger partial charge in [-0.15, -0.1) is 0 Å². The molecule has 8 heteroatoms. The molecule has 0 aromatic heterocycles. The first-order chi connectivity index (χ1) is 12.1. The zero-order valence-corrected chi connectivity index (χ0v) is 16.1. The molecule has 2 aliphatic rings. The van der Waals surface area contributed by atoms with Gasteiger partial charge in [0.1, 0.15) is 5.75 Å². The van der Waals surface area contributed by atoms with Crippen LogP contribution in [0, 0.1) is 0 Å². The van der Waals surface area contributed by atoms with E-state index in [0.717, 1.165) is 0 Å². The van der Waals surface area contributed by atoms with Crippen molar-refractivity contribution in [1.82, 2.24) is 0 Å². The largest absolute Gasteiger partial charge is 1.00 e. The maximum atomic E-state index is 12.6. The number of hydrogen-bond acceptors (Lipinski definition) is 6. The Labute approximate surface area is 171 Å². The van der Waals surface area contributed by atoms with E-state index in [4.69, 9.17) is 14.2 Å². The maximum Gasteiger partial charge on any atom is 1.00 e. The van der Waals surface area contributed by atoms with Gasteiger partial charge in [-0.05, 0) is 29.8 Å². The first-order valence-electron chi connectivity index (χ1n) is 7.81. The van der Waals surface area contributed by atoms with Crippen LogP contribution in [0.5, 0.6) is 17.2 Å². The van der Waals surface area contributed by atoms with Gasteiger partial charge >= 0.3 is 29.6 Å². The van der Waals surface area contributed by atoms with Crippen molar-refractivity contribution < 1.29 is 58.5 Å². The standard InChI is InChI=1S/C18H15NO6.Na/c20-17-15(25-13-4-5-14-16(9-13)24-10-23-14)6-7-19(17)12-3-1-2-11(8-12)18(21)22;/h1-5,8-9,15H,6-7,10H2,(H,21,22);/q;+1/p-1. The second kappa shape index (κ2) is 7.57. The SMILES string of the molecule is O=C([O-])c1cccc(N2CCC(Oc3ccc4c(c3)OCO4)C2=O)c1.[Na+]. The second-order valence-corrected chi connectivity index (χ2v) is 5.74. The van der Waals surface area contributed by atoms with Crippen molar-refractivity contribution in [1.29, 1.82) is 0 Å². The van der Waals surface area contributed by atoms with Crippen molar-refractivity contribution in [2.75, 3.05) is 18.2 Å². The summed E-state index contributed by atoms with van der Waals surface area (Å²) in [5.41, 5.74) is 0.550. The molecule has 1 atom stereocenters. The van der Waals surface area contributed by atoms with Crippen molar-refractivity contribution >= 4 is 17.6 Å². The van der Waals surface area contributed by atoms with Crippen LogP contribution in [0.1, 0.15) is 16.8 Å². The molecule has 2 aromatic carbocycles. The summed E-state index contributed by atoms with van der Waals surface area (Å²) < 4.78 is 16.3. The van der Waals surface area contributed by atoms with E-state index in [1.165, 1.54) is 17.0 Å². The monoisotopic (exact) mass is 363 g/mol. The Morgan fingerprint density at radius 3 is 2.77 bits per heavy atom. The van der Waals surface area contributed by atoms with E-state index in [2.05, 4.69) is 0 Å². The van der Waals surface area contributed by atoms with Crippen LogP contribution in [0.2, 0.25) is 0 Å². The molecule has 1 unspecified atom stereocenters. The molecule has 1 fully saturated rings. The summed E-state index contributed by atoms with van der Waals surface area (Å²) in [5, 5.41) is 11.0. The Hall–Kier alpha value is -2.22. The number of carbonyl (C=O) groups is 2. The molecule has 2 heterocycles. The van der Waals surface area contributed by atoms with Crippen LogP contribution in [0.4, 0.5) is 5.69 Å². The summed E-state index contributed by atoms with van der Waals surface area (Å²) in [4.78, 5) is 25.1. The number of carboxylic acid groups (broad SMARTS) is 1. The van der Waals surface area contributed by atoms with Gasteiger partial charge < -0.3 is 29.0 Å². The van der Waals surface area contributed by atoms with Gasteiger partial charge in [0.15, 0.2) is 17.6 Å². The Kier molecular flexibility index (Phi) is 5.41. The second-order valence-electron chi connectivity index (χ2n) is 5.74. The van der Waals surface area contributed by atoms with Gasteiger partial charge in [-0.25, -0.2) is 0 Å². The Morgan fingerprint density at radius 2 is 1.96 bits per heavy atom. The van der Waals surface area contributed by atoms with Crippen molar-refractivity contribution in [2.45, 2.75) is 12.5 Å². The van der Waals surface area contributed by atoms with E-state index in [1.807, 2.05) is 0 Å². The minimum Gasteiger partial charge on any atom is -0.545 e. The van der Waals surface area contributed by atoms with Crippen molar-refractivity contribution in [3.05, 3.63) is 48.0 Å². The van der Waals surface area contributed by atoms with Gasteiger partial charge in [0, 0.05) is 24.7 Å². The first-order valence-corrected chi connectivity index (χ1v) is 7.81.